The van der Waals surface area contributed by atoms with Gasteiger partial charge in [0, 0.05) is 60.4 Å². The lowest BCUT2D eigenvalue weighted by atomic mass is 10.1. The van der Waals surface area contributed by atoms with Gasteiger partial charge in [0.05, 0.1) is 6.61 Å². The summed E-state index contributed by atoms with van der Waals surface area (Å²) in [4.78, 5) is 30.1. The van der Waals surface area contributed by atoms with E-state index in [1.54, 1.807) is 30.7 Å². The molecule has 3 rings (SSSR count). The Labute approximate surface area is 147 Å². The van der Waals surface area contributed by atoms with E-state index in [0.29, 0.717) is 23.4 Å². The quantitative estimate of drug-likeness (QED) is 0.656. The molecule has 0 atom stereocenters. The van der Waals surface area contributed by atoms with E-state index in [-0.39, 0.29) is 6.54 Å². The minimum atomic E-state index is -0.846. The smallest absolute Gasteiger partial charge is 0.286 e. The lowest BCUT2D eigenvalue weighted by Crippen LogP contribution is -2.24. The van der Waals surface area contributed by atoms with Gasteiger partial charge in [-0.25, -0.2) is 9.37 Å². The van der Waals surface area contributed by atoms with E-state index in [2.05, 4.69) is 9.97 Å². The summed E-state index contributed by atoms with van der Waals surface area (Å²) in [5.41, 5.74) is 6.91. The van der Waals surface area contributed by atoms with Gasteiger partial charge < -0.3 is 20.0 Å². The number of amides is 1. The van der Waals surface area contributed by atoms with Gasteiger partial charge in [-0.05, 0) is 18.2 Å². The van der Waals surface area contributed by atoms with Crippen molar-refractivity contribution in [1.82, 2.24) is 14.5 Å². The summed E-state index contributed by atoms with van der Waals surface area (Å²) in [7, 11) is 1.51. The molecule has 0 aliphatic rings. The van der Waals surface area contributed by atoms with Crippen LogP contribution in [-0.4, -0.2) is 34.2 Å². The lowest BCUT2D eigenvalue weighted by Gasteiger charge is -2.09. The molecule has 3 N–H and O–H groups in total. The number of nitrogens with zero attached hydrogens (tertiary/aromatic N) is 2. The highest BCUT2D eigenvalue weighted by atomic mass is 19.1. The molecule has 0 aliphatic carbocycles. The molecule has 3 aromatic heterocycles. The highest BCUT2D eigenvalue weighted by Gasteiger charge is 2.10. The summed E-state index contributed by atoms with van der Waals surface area (Å²) in [6, 6.07) is 2.99. The van der Waals surface area contributed by atoms with Crippen molar-refractivity contribution in [2.24, 2.45) is 5.73 Å². The number of rotatable bonds is 6. The van der Waals surface area contributed by atoms with Gasteiger partial charge in [0.15, 0.2) is 5.82 Å². The molecule has 0 aromatic carbocycles. The molecule has 1 amide bonds. The van der Waals surface area contributed by atoms with Crippen LogP contribution in [0.15, 0.2) is 41.6 Å². The Morgan fingerprint density at radius 1 is 1.42 bits per heavy atom. The van der Waals surface area contributed by atoms with Crippen LogP contribution in [0.3, 0.4) is 0 Å². The number of carbonyl (C=O) groups excluding carboxylic acids is 1. The zero-order chi connectivity index (χ0) is 18.7. The Balaban J connectivity index is 2.07. The van der Waals surface area contributed by atoms with Crippen LogP contribution in [0.25, 0.3) is 28.2 Å². The average molecular weight is 356 g/mol. The second-order valence-electron chi connectivity index (χ2n) is 5.67. The number of aromatic amines is 1. The van der Waals surface area contributed by atoms with Crippen LogP contribution < -0.4 is 11.3 Å². The Morgan fingerprint density at radius 3 is 2.96 bits per heavy atom. The molecule has 134 valence electrons. The Morgan fingerprint density at radius 2 is 2.23 bits per heavy atom. The van der Waals surface area contributed by atoms with Crippen LogP contribution in [-0.2, 0) is 16.1 Å². The molecule has 0 unspecified atom stereocenters. The highest BCUT2D eigenvalue weighted by molar-refractivity contribution is 5.95. The van der Waals surface area contributed by atoms with Crippen LogP contribution in [0.5, 0.6) is 0 Å². The van der Waals surface area contributed by atoms with E-state index in [1.807, 2.05) is 0 Å². The number of halogens is 1. The first-order chi connectivity index (χ1) is 12.5. The molecule has 8 heteroatoms. The maximum atomic E-state index is 14.0. The average Bonchev–Trinajstić information content (AvgIpc) is 3.03. The SMILES string of the molecule is COCCn1cc(-c2cnc3[nH]cc(C=CC(N)=O)c3c2)cc(F)c1=O. The molecular formula is C18H17FN4O3. The molecule has 7 nitrogen and oxygen atoms in total. The van der Waals surface area contributed by atoms with Crippen molar-refractivity contribution in [3.05, 3.63) is 58.5 Å². The minimum Gasteiger partial charge on any atom is -0.383 e. The highest BCUT2D eigenvalue weighted by Crippen LogP contribution is 2.25. The lowest BCUT2D eigenvalue weighted by molar-refractivity contribution is -0.113. The zero-order valence-electron chi connectivity index (χ0n) is 14.0. The maximum Gasteiger partial charge on any atom is 0.286 e. The standard InChI is InChI=1S/C18H17FN4O3/c1-26-5-4-23-10-13(7-15(19)18(23)25)12-6-14-11(2-3-16(20)24)8-21-17(14)22-9-12/h2-3,6-10H,4-5H2,1H3,(H2,20,24)(H,21,22). The third-order valence-corrected chi connectivity index (χ3v) is 3.90. The largest absolute Gasteiger partial charge is 0.383 e. The molecule has 0 spiro atoms. The van der Waals surface area contributed by atoms with Crippen molar-refractivity contribution < 1.29 is 13.9 Å². The Hall–Kier alpha value is -3.26. The first-order valence-corrected chi connectivity index (χ1v) is 7.83. The molecule has 0 bridgehead atoms. The molecule has 0 aliphatic heterocycles. The van der Waals surface area contributed by atoms with Crippen molar-refractivity contribution >= 4 is 23.0 Å². The normalized spacial score (nSPS) is 11.5. The number of aromatic nitrogens is 3. The number of nitrogens with two attached hydrogens (primary N) is 1. The van der Waals surface area contributed by atoms with Crippen LogP contribution in [0.1, 0.15) is 5.56 Å². The minimum absolute atomic E-state index is 0.243. The monoisotopic (exact) mass is 356 g/mol. The summed E-state index contributed by atoms with van der Waals surface area (Å²) in [6.45, 7) is 0.534. The van der Waals surface area contributed by atoms with Gasteiger partial charge >= 0.3 is 0 Å². The molecule has 0 saturated carbocycles. The predicted octanol–water partition coefficient (Wildman–Crippen LogP) is 1.68. The van der Waals surface area contributed by atoms with Crippen LogP contribution >= 0.6 is 0 Å². The van der Waals surface area contributed by atoms with Gasteiger partial charge in [-0.3, -0.25) is 9.59 Å². The summed E-state index contributed by atoms with van der Waals surface area (Å²) in [5, 5.41) is 0.745. The van der Waals surface area contributed by atoms with Crippen molar-refractivity contribution in [1.29, 1.82) is 0 Å². The number of hydrogen-bond acceptors (Lipinski definition) is 4. The van der Waals surface area contributed by atoms with Crippen molar-refractivity contribution in [2.45, 2.75) is 6.54 Å². The number of pyridine rings is 2. The van der Waals surface area contributed by atoms with Crippen LogP contribution in [0.4, 0.5) is 4.39 Å². The topological polar surface area (TPSA) is 103 Å². The third-order valence-electron chi connectivity index (χ3n) is 3.90. The second kappa shape index (κ2) is 7.32. The first-order valence-electron chi connectivity index (χ1n) is 7.83. The van der Waals surface area contributed by atoms with Crippen molar-refractivity contribution in [3.63, 3.8) is 0 Å². The van der Waals surface area contributed by atoms with Gasteiger partial charge in [0.1, 0.15) is 5.65 Å². The Bertz CT molecular complexity index is 1050. The number of fused-ring (bicyclic) bond motifs is 1. The second-order valence-corrected chi connectivity index (χ2v) is 5.67. The fourth-order valence-electron chi connectivity index (χ4n) is 2.60. The fraction of sp³-hybridized carbons (Fsp3) is 0.167. The van der Waals surface area contributed by atoms with E-state index in [1.165, 1.54) is 23.8 Å². The molecule has 3 aromatic rings. The molecule has 0 radical (unpaired) electrons. The molecule has 3 heterocycles. The van der Waals surface area contributed by atoms with Gasteiger partial charge in [0.2, 0.25) is 5.91 Å². The molecular weight excluding hydrogens is 339 g/mol. The van der Waals surface area contributed by atoms with Crippen LogP contribution in [0, 0.1) is 5.82 Å². The summed E-state index contributed by atoms with van der Waals surface area (Å²) >= 11 is 0. The molecule has 26 heavy (non-hydrogen) atoms. The van der Waals surface area contributed by atoms with E-state index in [9.17, 15) is 14.0 Å². The van der Waals surface area contributed by atoms with Gasteiger partial charge in [-0.15, -0.1) is 0 Å². The van der Waals surface area contributed by atoms with Gasteiger partial charge in [-0.1, -0.05) is 0 Å². The number of methoxy groups -OCH3 is 1. The van der Waals surface area contributed by atoms with Crippen molar-refractivity contribution in [2.75, 3.05) is 13.7 Å². The summed E-state index contributed by atoms with van der Waals surface area (Å²) < 4.78 is 20.3. The molecule has 0 saturated heterocycles. The fourth-order valence-corrected chi connectivity index (χ4v) is 2.60. The summed E-state index contributed by atoms with van der Waals surface area (Å²) in [5.74, 6) is -1.41. The van der Waals surface area contributed by atoms with Gasteiger partial charge in [-0.2, -0.15) is 0 Å². The number of nitrogens with one attached hydrogen (secondary N) is 1. The van der Waals surface area contributed by atoms with Crippen LogP contribution in [0.2, 0.25) is 0 Å². The number of H-pyrrole nitrogens is 1. The van der Waals surface area contributed by atoms with E-state index < -0.39 is 17.3 Å². The first kappa shape index (κ1) is 17.6. The predicted molar refractivity (Wildman–Crippen MR) is 95.9 cm³/mol. The summed E-state index contributed by atoms with van der Waals surface area (Å²) in [6.07, 6.45) is 7.67. The number of carbonyl (C=O) groups is 1. The maximum absolute atomic E-state index is 14.0. The van der Waals surface area contributed by atoms with E-state index in [0.717, 1.165) is 10.9 Å². The molecule has 0 fully saturated rings. The number of hydrogen-bond donors (Lipinski definition) is 2. The van der Waals surface area contributed by atoms with E-state index >= 15 is 0 Å². The van der Waals surface area contributed by atoms with E-state index in [4.69, 9.17) is 10.5 Å². The number of ether oxygens (including phenoxy) is 1. The van der Waals surface area contributed by atoms with Crippen molar-refractivity contribution in [3.8, 4) is 11.1 Å². The third kappa shape index (κ3) is 3.55. The van der Waals surface area contributed by atoms with Gasteiger partial charge in [0.25, 0.3) is 5.56 Å². The number of primary amides is 1. The zero-order valence-corrected chi connectivity index (χ0v) is 14.0. The Kier molecular flexibility index (Phi) is 4.94.